The second-order valence-electron chi connectivity index (χ2n) is 34.2. The van der Waals surface area contributed by atoms with Crippen molar-refractivity contribution in [2.75, 3.05) is 0 Å². The van der Waals surface area contributed by atoms with E-state index < -0.39 is 0 Å². The van der Waals surface area contributed by atoms with E-state index in [4.69, 9.17) is 53.1 Å². The van der Waals surface area contributed by atoms with Gasteiger partial charge in [-0.05, 0) is 117 Å². The van der Waals surface area contributed by atoms with Crippen LogP contribution < -0.4 is 0 Å². The Morgan fingerprint density at radius 3 is 0.846 bits per heavy atom. The van der Waals surface area contributed by atoms with Crippen LogP contribution in [0.25, 0.3) is 271 Å². The third-order valence-electron chi connectivity index (χ3n) is 26.4. The Bertz CT molecular complexity index is 9760. The first-order chi connectivity index (χ1) is 67.5. The van der Waals surface area contributed by atoms with E-state index in [1.807, 2.05) is 194 Å². The van der Waals surface area contributed by atoms with Crippen molar-refractivity contribution in [2.45, 2.75) is 0 Å². The zero-order valence-electron chi connectivity index (χ0n) is 72.8. The summed E-state index contributed by atoms with van der Waals surface area (Å²) in [4.78, 5) is 40.4. The number of para-hydroxylation sites is 9. The highest BCUT2D eigenvalue weighted by Crippen LogP contribution is 2.51. The fraction of sp³-hybridized carbons (Fsp3) is 0. The van der Waals surface area contributed by atoms with Crippen LogP contribution in [0.2, 0.25) is 0 Å². The van der Waals surface area contributed by atoms with Gasteiger partial charge in [0.1, 0.15) is 22.4 Å². The summed E-state index contributed by atoms with van der Waals surface area (Å²) >= 11 is 0. The van der Waals surface area contributed by atoms with Crippen molar-refractivity contribution in [3.05, 3.63) is 443 Å². The number of rotatable bonds is 10. The molecule has 0 bridgehead atoms. The average Bonchev–Trinajstić information content (AvgIpc) is 1.54. The second-order valence-corrected chi connectivity index (χ2v) is 34.2. The summed E-state index contributed by atoms with van der Waals surface area (Å²) in [7, 11) is 0. The van der Waals surface area contributed by atoms with Gasteiger partial charge < -0.3 is 22.4 Å². The molecule has 0 N–H and O–H groups in total. The normalized spacial score (nSPS) is 11.8. The fourth-order valence-corrected chi connectivity index (χ4v) is 20.5. The summed E-state index contributed by atoms with van der Waals surface area (Å²) in [6, 6.07) is 152. The van der Waals surface area contributed by atoms with Crippen molar-refractivity contribution in [2.24, 2.45) is 0 Å². The minimum atomic E-state index is 0.603. The van der Waals surface area contributed by atoms with Gasteiger partial charge in [0, 0.05) is 109 Å². The van der Waals surface area contributed by atoms with Gasteiger partial charge in [-0.1, -0.05) is 358 Å². The lowest BCUT2D eigenvalue weighted by molar-refractivity contribution is 0.671. The van der Waals surface area contributed by atoms with Crippen molar-refractivity contribution < 1.29 is 13.3 Å². The number of furan rings is 3. The van der Waals surface area contributed by atoms with Gasteiger partial charge in [0.25, 0.3) is 0 Å². The Morgan fingerprint density at radius 1 is 0.176 bits per heavy atom. The zero-order valence-corrected chi connectivity index (χ0v) is 72.8. The van der Waals surface area contributed by atoms with E-state index in [1.165, 1.54) is 43.1 Å². The highest BCUT2D eigenvalue weighted by Gasteiger charge is 2.30. The smallest absolute Gasteiger partial charge is 0.166 e. The van der Waals surface area contributed by atoms with Gasteiger partial charge in [0.05, 0.1) is 49.8 Å². The van der Waals surface area contributed by atoms with Crippen molar-refractivity contribution in [3.63, 3.8) is 0 Å². The molecular formula is C122H73N11O3. The summed E-state index contributed by atoms with van der Waals surface area (Å²) in [5, 5.41) is 20.9. The van der Waals surface area contributed by atoms with Gasteiger partial charge in [-0.3, -0.25) is 4.57 Å². The summed E-state index contributed by atoms with van der Waals surface area (Å²) < 4.78 is 27.2. The molecule has 9 heterocycles. The first-order valence-electron chi connectivity index (χ1n) is 45.5. The summed E-state index contributed by atoms with van der Waals surface area (Å²) in [5.74, 6) is 4.56. The monoisotopic (exact) mass is 1740 g/mol. The second kappa shape index (κ2) is 31.6. The topological polar surface area (TPSA) is 157 Å². The molecule has 634 valence electrons. The first-order valence-corrected chi connectivity index (χ1v) is 45.5. The molecule has 0 aliphatic carbocycles. The fourth-order valence-electron chi connectivity index (χ4n) is 20.5. The molecule has 0 unspecified atom stereocenters. The van der Waals surface area contributed by atoms with E-state index in [-0.39, 0.29) is 0 Å². The maximum atomic E-state index is 6.80. The summed E-state index contributed by atoms with van der Waals surface area (Å²) in [6.45, 7) is 0. The van der Waals surface area contributed by atoms with Crippen LogP contribution in [0.1, 0.15) is 0 Å². The summed E-state index contributed by atoms with van der Waals surface area (Å²) in [5.41, 5.74) is 22.7. The lowest BCUT2D eigenvalue weighted by Gasteiger charge is -2.15. The van der Waals surface area contributed by atoms with Crippen LogP contribution in [0.3, 0.4) is 0 Å². The molecule has 29 rings (SSSR count). The molecule has 0 spiro atoms. The van der Waals surface area contributed by atoms with Crippen molar-refractivity contribution in [1.29, 1.82) is 0 Å². The van der Waals surface area contributed by atoms with Gasteiger partial charge in [-0.2, -0.15) is 0 Å². The molecule has 29 aromatic rings. The first kappa shape index (κ1) is 77.3. The number of fused-ring (bicyclic) bond motifs is 31. The molecule has 0 aliphatic rings. The average molecular weight is 1740 g/mol. The third-order valence-corrected chi connectivity index (χ3v) is 26.4. The van der Waals surface area contributed by atoms with Crippen LogP contribution in [0.15, 0.2) is 456 Å². The van der Waals surface area contributed by atoms with Crippen LogP contribution in [0.5, 0.6) is 0 Å². The predicted octanol–water partition coefficient (Wildman–Crippen LogP) is 31.5. The molecule has 136 heavy (non-hydrogen) atoms. The minimum absolute atomic E-state index is 0.603. The maximum absolute atomic E-state index is 6.80. The highest BCUT2D eigenvalue weighted by molar-refractivity contribution is 6.38. The molecule has 0 radical (unpaired) electrons. The van der Waals surface area contributed by atoms with E-state index >= 15 is 0 Å². The molecule has 0 fully saturated rings. The van der Waals surface area contributed by atoms with E-state index in [9.17, 15) is 0 Å². The van der Waals surface area contributed by atoms with E-state index in [1.54, 1.807) is 0 Å². The predicted molar refractivity (Wildman–Crippen MR) is 555 cm³/mol. The van der Waals surface area contributed by atoms with E-state index in [2.05, 4.69) is 262 Å². The molecule has 0 saturated carbocycles. The molecule has 9 aromatic heterocycles. The maximum Gasteiger partial charge on any atom is 0.166 e. The lowest BCUT2D eigenvalue weighted by atomic mass is 9.99. The molecule has 0 atom stereocenters. The van der Waals surface area contributed by atoms with Crippen molar-refractivity contribution >= 4 is 175 Å². The van der Waals surface area contributed by atoms with Gasteiger partial charge in [-0.15, -0.1) is 0 Å². The largest absolute Gasteiger partial charge is 0.454 e. The minimum Gasteiger partial charge on any atom is -0.454 e. The quantitative estimate of drug-likeness (QED) is 0.128. The van der Waals surface area contributed by atoms with Gasteiger partial charge >= 0.3 is 0 Å². The van der Waals surface area contributed by atoms with Crippen LogP contribution in [-0.4, -0.2) is 53.6 Å². The van der Waals surface area contributed by atoms with E-state index in [0.29, 0.717) is 34.9 Å². The Morgan fingerprint density at radius 2 is 0.449 bits per heavy atom. The van der Waals surface area contributed by atoms with Crippen LogP contribution in [0.4, 0.5) is 0 Å². The number of benzene rings is 20. The standard InChI is InChI=1S/2C43H26N4O.C36H21N3O/c1-3-15-27(16-4-1)41-44-42(28-17-5-2-6-18-28)46-43(45-41)32-22-10-13-25-35(32)47-34-24-12-9-21-31(34)37-29-19-7-8-20-30(29)38-33-23-11-14-26-36(33)48-40(38)39(37)47;1-3-13-27(14-4-1)41-44-42(28-15-5-2-6-16-28)46-43(45-41)29-23-25-30(26-24-29)47-35-21-11-9-19-33(35)37-31-17-7-8-18-32(31)38-34-20-10-12-22-36(34)48-40(38)39(37)47;1-2-12-22(13-3-1)33-36(38-28-19-9-8-18-27(28)37-33)39-29-20-10-6-16-25(29)31-23-14-4-5-15-24(23)32-26-17-7-11-21-30(26)40-35(32)34(31)39/h2*1-26H;1-21H. The Hall–Kier alpha value is -18.7. The number of nitrogens with zero attached hydrogens (tertiary/aromatic N) is 11. The third kappa shape index (κ3) is 12.4. The Labute approximate surface area is 775 Å². The van der Waals surface area contributed by atoms with Crippen molar-refractivity contribution in [1.82, 2.24) is 53.6 Å². The summed E-state index contributed by atoms with van der Waals surface area (Å²) in [6.07, 6.45) is 0. The van der Waals surface area contributed by atoms with Gasteiger partial charge in [0.2, 0.25) is 0 Å². The SMILES string of the molecule is c1ccc(-c2nc(-c3ccccc3)nc(-c3ccc(-n4c5ccccc5c5c6ccccc6c6c7ccccc7oc6c54)cc3)n2)cc1.c1ccc(-c2nc(-c3ccccc3)nc(-c3ccccc3-n3c4ccccc4c4c5ccccc5c5c6ccccc6oc5c43)n2)cc1.c1ccc(-c2nc3ccccc3nc2-n2c3ccccc3c3c4ccccc4c4c5ccccc5oc4c32)cc1. The Kier molecular flexibility index (Phi) is 18.0. The molecule has 0 saturated heterocycles. The number of aromatic nitrogens is 11. The van der Waals surface area contributed by atoms with Crippen LogP contribution in [0, 0.1) is 0 Å². The molecule has 20 aromatic carbocycles. The van der Waals surface area contributed by atoms with Crippen LogP contribution in [-0.2, 0) is 0 Å². The lowest BCUT2D eigenvalue weighted by Crippen LogP contribution is -2.03. The van der Waals surface area contributed by atoms with E-state index in [0.717, 1.165) is 193 Å². The van der Waals surface area contributed by atoms with Crippen LogP contribution >= 0.6 is 0 Å². The molecule has 14 nitrogen and oxygen atoms in total. The molecule has 0 amide bonds. The Balaban J connectivity index is 0.000000104. The molecular weight excluding hydrogens is 1670 g/mol. The van der Waals surface area contributed by atoms with Crippen molar-refractivity contribution in [3.8, 4) is 96.8 Å². The molecule has 0 aliphatic heterocycles. The van der Waals surface area contributed by atoms with Gasteiger partial charge in [0.15, 0.2) is 57.5 Å². The highest BCUT2D eigenvalue weighted by atomic mass is 16.3. The number of hydrogen-bond donors (Lipinski definition) is 0. The zero-order chi connectivity index (χ0) is 89.4. The molecule has 14 heteroatoms. The number of hydrogen-bond acceptors (Lipinski definition) is 11. The van der Waals surface area contributed by atoms with Gasteiger partial charge in [-0.25, -0.2) is 39.9 Å².